The quantitative estimate of drug-likeness (QED) is 0.115. The topological polar surface area (TPSA) is 94.8 Å². The summed E-state index contributed by atoms with van der Waals surface area (Å²) in [6.45, 7) is 2.24. The van der Waals surface area contributed by atoms with E-state index in [1.807, 2.05) is 0 Å². The average Bonchev–Trinajstić information content (AvgIpc) is 2.72. The van der Waals surface area contributed by atoms with Gasteiger partial charge in [-0.1, -0.05) is 76.9 Å². The minimum absolute atomic E-state index is 0.0214. The zero-order valence-corrected chi connectivity index (χ0v) is 20.4. The highest BCUT2D eigenvalue weighted by Crippen LogP contribution is 2.22. The summed E-state index contributed by atoms with van der Waals surface area (Å²) in [5.74, 6) is -0.697. The minimum atomic E-state index is -0.823. The lowest BCUT2D eigenvalue weighted by Gasteiger charge is -2.19. The molecule has 0 aliphatic carbocycles. The predicted molar refractivity (Wildman–Crippen MR) is 131 cm³/mol. The Morgan fingerprint density at radius 2 is 1.32 bits per heavy atom. The van der Waals surface area contributed by atoms with Gasteiger partial charge in [0.1, 0.15) is 0 Å². The van der Waals surface area contributed by atoms with Crippen molar-refractivity contribution in [2.45, 2.75) is 127 Å². The maximum atomic E-state index is 10.7. The normalized spacial score (nSPS) is 13.5. The van der Waals surface area contributed by atoms with E-state index >= 15 is 0 Å². The number of thioether (sulfide) groups is 1. The van der Waals surface area contributed by atoms with Gasteiger partial charge in [0.05, 0.1) is 6.10 Å². The van der Waals surface area contributed by atoms with Crippen LogP contribution in [0.25, 0.3) is 0 Å². The summed E-state index contributed by atoms with van der Waals surface area (Å²) in [5.41, 5.74) is 0. The van der Waals surface area contributed by atoms with Gasteiger partial charge < -0.3 is 15.3 Å². The van der Waals surface area contributed by atoms with Gasteiger partial charge in [-0.05, 0) is 44.3 Å². The van der Waals surface area contributed by atoms with Gasteiger partial charge in [-0.2, -0.15) is 11.8 Å². The number of unbranched alkanes of at least 4 members (excludes halogenated alkanes) is 11. The van der Waals surface area contributed by atoms with E-state index in [0.717, 1.165) is 25.0 Å². The number of aliphatic hydroxyl groups is 1. The fourth-order valence-corrected chi connectivity index (χ4v) is 4.72. The summed E-state index contributed by atoms with van der Waals surface area (Å²) in [6.07, 6.45) is 20.3. The predicted octanol–water partition coefficient (Wildman–Crippen LogP) is 6.83. The van der Waals surface area contributed by atoms with Crippen LogP contribution >= 0.6 is 11.8 Å². The molecule has 3 N–H and O–H groups in total. The van der Waals surface area contributed by atoms with Crippen molar-refractivity contribution < 1.29 is 24.9 Å². The molecule has 0 spiro atoms. The largest absolute Gasteiger partial charge is 0.481 e. The number of rotatable bonds is 23. The van der Waals surface area contributed by atoms with Crippen molar-refractivity contribution in [2.24, 2.45) is 0 Å². The molecule has 0 aromatic carbocycles. The Hall–Kier alpha value is -1.01. The van der Waals surface area contributed by atoms with E-state index in [1.165, 1.54) is 57.8 Å². The SMILES string of the molecule is CCCCCCCCCCC/C=C\[C@@H](SCCCCCC(=O)O)[C@@H](O)CCCC(=O)O. The van der Waals surface area contributed by atoms with Crippen molar-refractivity contribution in [3.05, 3.63) is 12.2 Å². The van der Waals surface area contributed by atoms with E-state index in [0.29, 0.717) is 19.3 Å². The van der Waals surface area contributed by atoms with Gasteiger partial charge in [0.2, 0.25) is 0 Å². The molecule has 0 bridgehead atoms. The second-order valence-corrected chi connectivity index (χ2v) is 9.72. The molecule has 0 unspecified atom stereocenters. The zero-order chi connectivity index (χ0) is 23.2. The van der Waals surface area contributed by atoms with Crippen LogP contribution in [0.5, 0.6) is 0 Å². The molecule has 0 aromatic rings. The summed E-state index contributed by atoms with van der Waals surface area (Å²) in [6, 6.07) is 0. The first-order valence-corrected chi connectivity index (χ1v) is 13.4. The highest BCUT2D eigenvalue weighted by atomic mass is 32.2. The lowest BCUT2D eigenvalue weighted by Crippen LogP contribution is -2.22. The lowest BCUT2D eigenvalue weighted by molar-refractivity contribution is -0.138. The molecule has 6 heteroatoms. The molecule has 2 atom stereocenters. The van der Waals surface area contributed by atoms with Crippen LogP contribution in [-0.4, -0.2) is 44.4 Å². The van der Waals surface area contributed by atoms with Gasteiger partial charge in [-0.15, -0.1) is 0 Å². The second-order valence-electron chi connectivity index (χ2n) is 8.44. The molecule has 0 aromatic heterocycles. The first-order chi connectivity index (χ1) is 15.0. The van der Waals surface area contributed by atoms with E-state index in [2.05, 4.69) is 19.1 Å². The molecule has 0 heterocycles. The van der Waals surface area contributed by atoms with Crippen LogP contribution in [0.4, 0.5) is 0 Å². The first-order valence-electron chi connectivity index (χ1n) is 12.4. The maximum absolute atomic E-state index is 10.7. The van der Waals surface area contributed by atoms with Gasteiger partial charge in [0.15, 0.2) is 0 Å². The Balaban J connectivity index is 4.11. The van der Waals surface area contributed by atoms with E-state index in [9.17, 15) is 14.7 Å². The summed E-state index contributed by atoms with van der Waals surface area (Å²) in [7, 11) is 0. The third-order valence-electron chi connectivity index (χ3n) is 5.42. The van der Waals surface area contributed by atoms with Crippen LogP contribution in [0, 0.1) is 0 Å². The molecule has 0 saturated heterocycles. The van der Waals surface area contributed by atoms with Crippen LogP contribution in [0.2, 0.25) is 0 Å². The van der Waals surface area contributed by atoms with Crippen LogP contribution in [0.3, 0.4) is 0 Å². The smallest absolute Gasteiger partial charge is 0.303 e. The summed E-state index contributed by atoms with van der Waals surface area (Å²) >= 11 is 1.70. The van der Waals surface area contributed by atoms with Crippen molar-refractivity contribution in [3.8, 4) is 0 Å². The average molecular weight is 459 g/mol. The Kier molecular flexibility index (Phi) is 21.5. The van der Waals surface area contributed by atoms with Gasteiger partial charge >= 0.3 is 11.9 Å². The third-order valence-corrected chi connectivity index (χ3v) is 6.80. The van der Waals surface area contributed by atoms with Crippen LogP contribution < -0.4 is 0 Å². The monoisotopic (exact) mass is 458 g/mol. The van der Waals surface area contributed by atoms with Gasteiger partial charge in [0.25, 0.3) is 0 Å². The van der Waals surface area contributed by atoms with Gasteiger partial charge in [0, 0.05) is 18.1 Å². The number of carbonyl (C=O) groups is 2. The number of aliphatic hydroxyl groups excluding tert-OH is 1. The van der Waals surface area contributed by atoms with Crippen molar-refractivity contribution in [1.29, 1.82) is 0 Å². The maximum Gasteiger partial charge on any atom is 0.303 e. The summed E-state index contributed by atoms with van der Waals surface area (Å²) in [5, 5.41) is 28.0. The molecule has 0 rings (SSSR count). The van der Waals surface area contributed by atoms with Crippen molar-refractivity contribution in [2.75, 3.05) is 5.75 Å². The van der Waals surface area contributed by atoms with Gasteiger partial charge in [-0.25, -0.2) is 0 Å². The molecule has 182 valence electrons. The molecule has 0 amide bonds. The highest BCUT2D eigenvalue weighted by Gasteiger charge is 2.17. The number of aliphatic carboxylic acids is 2. The van der Waals surface area contributed by atoms with Crippen LogP contribution in [0.1, 0.15) is 116 Å². The number of allylic oxidation sites excluding steroid dienone is 1. The van der Waals surface area contributed by atoms with E-state index in [1.54, 1.807) is 11.8 Å². The van der Waals surface area contributed by atoms with E-state index < -0.39 is 18.0 Å². The van der Waals surface area contributed by atoms with Crippen molar-refractivity contribution in [3.63, 3.8) is 0 Å². The Labute approximate surface area is 194 Å². The second kappa shape index (κ2) is 22.2. The van der Waals surface area contributed by atoms with Crippen molar-refractivity contribution >= 4 is 23.7 Å². The van der Waals surface area contributed by atoms with Gasteiger partial charge in [-0.3, -0.25) is 9.59 Å². The Morgan fingerprint density at radius 1 is 0.774 bits per heavy atom. The molecule has 5 nitrogen and oxygen atoms in total. The third kappa shape index (κ3) is 22.0. The Morgan fingerprint density at radius 3 is 1.94 bits per heavy atom. The zero-order valence-electron chi connectivity index (χ0n) is 19.6. The standard InChI is InChI=1S/C25H46O5S/c1-2-3-4-5-6-7-8-9-10-11-13-18-23(22(26)17-16-20-25(29)30)31-21-15-12-14-19-24(27)28/h13,18,22-23,26H,2-12,14-17,19-21H2,1H3,(H,27,28)(H,29,30)/b18-13-/t22-,23+/m0/s1. The van der Waals surface area contributed by atoms with E-state index in [4.69, 9.17) is 10.2 Å². The molecular formula is C25H46O5S. The van der Waals surface area contributed by atoms with Crippen LogP contribution in [-0.2, 0) is 9.59 Å². The van der Waals surface area contributed by atoms with E-state index in [-0.39, 0.29) is 18.1 Å². The first kappa shape index (κ1) is 30.0. The lowest BCUT2D eigenvalue weighted by atomic mass is 10.1. The van der Waals surface area contributed by atoms with Crippen LogP contribution in [0.15, 0.2) is 12.2 Å². The minimum Gasteiger partial charge on any atom is -0.481 e. The summed E-state index contributed by atoms with van der Waals surface area (Å²) in [4.78, 5) is 21.3. The number of carboxylic acids is 2. The molecule has 0 saturated carbocycles. The molecule has 0 fully saturated rings. The van der Waals surface area contributed by atoms with Crippen molar-refractivity contribution in [1.82, 2.24) is 0 Å². The number of hydrogen-bond acceptors (Lipinski definition) is 4. The molecule has 31 heavy (non-hydrogen) atoms. The molecule has 0 aliphatic rings. The fraction of sp³-hybridized carbons (Fsp3) is 0.840. The number of carboxylic acid groups (broad SMARTS) is 2. The molecule has 0 radical (unpaired) electrons. The fourth-order valence-electron chi connectivity index (χ4n) is 3.50. The Bertz CT molecular complexity index is 467. The number of hydrogen-bond donors (Lipinski definition) is 3. The highest BCUT2D eigenvalue weighted by molar-refractivity contribution is 8.00. The summed E-state index contributed by atoms with van der Waals surface area (Å²) < 4.78 is 0. The molecule has 0 aliphatic heterocycles. The molecular weight excluding hydrogens is 412 g/mol.